The molecule has 0 spiro atoms. The van der Waals surface area contributed by atoms with Gasteiger partial charge in [-0.15, -0.1) is 6.92 Å². The molecule has 0 bridgehead atoms. The average molecular weight is 336 g/mol. The monoisotopic (exact) mass is 336 g/mol. The number of hydrogen-bond acceptors (Lipinski definition) is 1. The van der Waals surface area contributed by atoms with E-state index in [9.17, 15) is 4.79 Å². The number of rotatable bonds is 1. The Morgan fingerprint density at radius 2 is 2.17 bits per heavy atom. The van der Waals surface area contributed by atoms with Gasteiger partial charge in [-0.1, -0.05) is 0 Å². The fourth-order valence-corrected chi connectivity index (χ4v) is 0.0680. The fourth-order valence-electron chi connectivity index (χ4n) is 0.0680. The van der Waals surface area contributed by atoms with Crippen molar-refractivity contribution in [2.45, 2.75) is 6.92 Å². The van der Waals surface area contributed by atoms with Gasteiger partial charge in [0, 0.05) is 0 Å². The van der Waals surface area contributed by atoms with Gasteiger partial charge < -0.3 is 4.79 Å². The Morgan fingerprint density at radius 3 is 2.17 bits per heavy atom. The second kappa shape index (κ2) is 9.96. The molecule has 0 aliphatic rings. The van der Waals surface area contributed by atoms with Crippen molar-refractivity contribution < 1.29 is 4.79 Å². The molecule has 0 amide bonds. The summed E-state index contributed by atoms with van der Waals surface area (Å²) >= 11 is 0. The molecule has 30 valence electrons. The van der Waals surface area contributed by atoms with E-state index in [0.29, 0.717) is 0 Å². The topological polar surface area (TPSA) is 17.1 Å². The van der Waals surface area contributed by atoms with Crippen LogP contribution in [0.2, 0.25) is 0 Å². The molecule has 0 aliphatic heterocycles. The van der Waals surface area contributed by atoms with Crippen molar-refractivity contribution in [3.63, 3.8) is 0 Å². The van der Waals surface area contributed by atoms with Crippen LogP contribution in [0.25, 0.3) is 0 Å². The molecule has 0 radical (unpaired) electrons. The van der Waals surface area contributed by atoms with Crippen molar-refractivity contribution in [3.05, 3.63) is 12.2 Å². The molecule has 0 atom stereocenters. The first-order valence-corrected chi connectivity index (χ1v) is 1.40. The van der Waals surface area contributed by atoms with E-state index in [1.165, 1.54) is 6.08 Å². The van der Waals surface area contributed by atoms with Crippen LogP contribution < -0.4 is 0 Å². The van der Waals surface area contributed by atoms with Crippen LogP contribution in [0.15, 0.2) is 12.2 Å². The predicted octanol–water partition coefficient (Wildman–Crippen LogP) is 0.672. The molecule has 0 unspecified atom stereocenters. The summed E-state index contributed by atoms with van der Waals surface area (Å²) in [5.41, 5.74) is 0. The van der Waals surface area contributed by atoms with Gasteiger partial charge in [0.05, 0.1) is 0 Å². The molecule has 2 heteroatoms. The van der Waals surface area contributed by atoms with Crippen LogP contribution in [0.3, 0.4) is 0 Å². The van der Waals surface area contributed by atoms with Crippen LogP contribution >= 0.6 is 0 Å². The second-order valence-electron chi connectivity index (χ2n) is 0.618. The third kappa shape index (κ3) is 28.5. The van der Waals surface area contributed by atoms with Gasteiger partial charge in [-0.25, -0.2) is 6.08 Å². The van der Waals surface area contributed by atoms with Gasteiger partial charge in [-0.3, -0.25) is 0 Å². The first-order valence-electron chi connectivity index (χ1n) is 1.40. The number of hydrogen-bond donors (Lipinski definition) is 0. The summed E-state index contributed by atoms with van der Waals surface area (Å²) in [6, 6.07) is 0. The summed E-state index contributed by atoms with van der Waals surface area (Å²) in [6.45, 7) is 1.77. The molecular formula is C4H5ORf-. The van der Waals surface area contributed by atoms with Crippen molar-refractivity contribution in [3.8, 4) is 0 Å². The van der Waals surface area contributed by atoms with Gasteiger partial charge in [0.15, 0.2) is 0 Å². The van der Waals surface area contributed by atoms with Crippen molar-refractivity contribution in [1.82, 2.24) is 0 Å². The van der Waals surface area contributed by atoms with E-state index in [1.807, 2.05) is 0 Å². The molecule has 0 N–H and O–H groups in total. The van der Waals surface area contributed by atoms with Gasteiger partial charge in [0.1, 0.15) is 0 Å². The zero-order chi connectivity index (χ0) is 4.12. The summed E-state index contributed by atoms with van der Waals surface area (Å²) in [5, 5.41) is 0. The molecular weight excluding hydrogens is 331 g/mol. The Balaban J connectivity index is 0. The summed E-state index contributed by atoms with van der Waals surface area (Å²) in [5.74, 6) is 0. The minimum atomic E-state index is 0. The molecule has 0 heterocycles. The molecule has 0 rings (SSSR count). The van der Waals surface area contributed by atoms with E-state index in [0.717, 1.165) is 0 Å². The Morgan fingerprint density at radius 1 is 1.67 bits per heavy atom. The minimum absolute atomic E-state index is 0. The van der Waals surface area contributed by atoms with Crippen LogP contribution in [0.5, 0.6) is 0 Å². The van der Waals surface area contributed by atoms with E-state index in [4.69, 9.17) is 0 Å². The van der Waals surface area contributed by atoms with Crippen molar-refractivity contribution in [2.24, 2.45) is 0 Å². The van der Waals surface area contributed by atoms with Crippen molar-refractivity contribution >= 4 is 6.29 Å². The van der Waals surface area contributed by atoms with Crippen LogP contribution in [0, 0.1) is 0 Å². The largest absolute Gasteiger partial charge is 0.419 e. The third-order valence-corrected chi connectivity index (χ3v) is 0.235. The molecule has 1 nitrogen and oxygen atoms in total. The predicted molar refractivity (Wildman–Crippen MR) is 20.5 cm³/mol. The van der Waals surface area contributed by atoms with Crippen LogP contribution in [-0.2, 0) is 4.79 Å². The van der Waals surface area contributed by atoms with Gasteiger partial charge in [0.25, 0.3) is 0 Å². The zero-order valence-electron chi connectivity index (χ0n) is 3.77. The van der Waals surface area contributed by atoms with Crippen molar-refractivity contribution in [1.29, 1.82) is 0 Å². The van der Waals surface area contributed by atoms with Crippen LogP contribution in [0.1, 0.15) is 6.92 Å². The maximum atomic E-state index is 9.19. The Bertz CT molecular complexity index is 49.5. The molecule has 0 saturated carbocycles. The normalized spacial score (nSPS) is 7.50. The molecule has 0 aliphatic carbocycles. The Kier molecular flexibility index (Phi) is 14.7. The molecule has 0 aromatic heterocycles. The quantitative estimate of drug-likeness (QED) is 0.508. The fraction of sp³-hybridized carbons (Fsp3) is 0.250. The van der Waals surface area contributed by atoms with Gasteiger partial charge in [-0.2, -0.15) is 6.08 Å². The maximum Gasteiger partial charge on any atom is 0 e. The number of allylic oxidation sites excluding steroid dienone is 2. The zero-order valence-corrected chi connectivity index (χ0v) is 10.2. The summed E-state index contributed by atoms with van der Waals surface area (Å²) in [6.07, 6.45) is 4.54. The maximum absolute atomic E-state index is 9.19. The van der Waals surface area contributed by atoms with E-state index in [2.05, 4.69) is 0 Å². The molecule has 0 aromatic rings. The third-order valence-electron chi connectivity index (χ3n) is 0.235. The Labute approximate surface area is 31.3 Å². The first kappa shape index (κ1) is 8.83. The van der Waals surface area contributed by atoms with Crippen LogP contribution in [0.4, 0.5) is 0 Å². The van der Waals surface area contributed by atoms with E-state index < -0.39 is 0 Å². The average Bonchev–Trinajstić information content (AvgIpc) is 1.41. The minimum Gasteiger partial charge on any atom is -0.419 e. The first-order chi connectivity index (χ1) is 2.41. The standard InChI is InChI=1S/C4H5O.Rf/c1-2-3-4-5;/h2-3H,1H3;/q-1;/b3-2+;. The summed E-state index contributed by atoms with van der Waals surface area (Å²) < 4.78 is 0. The van der Waals surface area contributed by atoms with E-state index >= 15 is 0 Å². The molecule has 0 aromatic carbocycles. The van der Waals surface area contributed by atoms with Gasteiger partial charge >= 0.3 is 0 Å². The SMILES string of the molecule is C/C=C/[C-]=O.[Rf]. The van der Waals surface area contributed by atoms with Gasteiger partial charge in [-0.05, 0) is 6.29 Å². The van der Waals surface area contributed by atoms with Gasteiger partial charge in [0.2, 0.25) is 0 Å². The Hall–Kier alpha value is -1.59. The summed E-state index contributed by atoms with van der Waals surface area (Å²) in [4.78, 5) is 9.19. The smallest absolute Gasteiger partial charge is 0 e. The van der Waals surface area contributed by atoms with Crippen molar-refractivity contribution in [2.75, 3.05) is 0 Å². The molecule has 6 heavy (non-hydrogen) atoms. The number of carbonyl (C=O) groups excluding carboxylic acids is 1. The van der Waals surface area contributed by atoms with Crippen LogP contribution in [-0.4, -0.2) is 6.29 Å². The van der Waals surface area contributed by atoms with E-state index in [1.54, 1.807) is 19.3 Å². The summed E-state index contributed by atoms with van der Waals surface area (Å²) in [7, 11) is 0. The molecule has 0 saturated heterocycles. The second-order valence-corrected chi connectivity index (χ2v) is 0.618. The van der Waals surface area contributed by atoms with E-state index in [-0.39, 0.29) is 0 Å². The molecule has 0 fully saturated rings.